The van der Waals surface area contributed by atoms with E-state index in [1.807, 2.05) is 12.1 Å². The van der Waals surface area contributed by atoms with E-state index in [-0.39, 0.29) is 0 Å². The summed E-state index contributed by atoms with van der Waals surface area (Å²) in [4.78, 5) is 2.42. The molecule has 1 fully saturated rings. The zero-order valence-corrected chi connectivity index (χ0v) is 10.5. The van der Waals surface area contributed by atoms with Crippen molar-refractivity contribution in [1.82, 2.24) is 4.90 Å². The number of anilines is 1. The van der Waals surface area contributed by atoms with Crippen molar-refractivity contribution < 1.29 is 0 Å². The lowest BCUT2D eigenvalue weighted by Crippen LogP contribution is -2.38. The van der Waals surface area contributed by atoms with Crippen LogP contribution in [0.1, 0.15) is 18.4 Å². The topological polar surface area (TPSA) is 93.7 Å². The first-order valence-electron chi connectivity index (χ1n) is 6.29. The van der Waals surface area contributed by atoms with E-state index in [0.29, 0.717) is 11.8 Å². The summed E-state index contributed by atoms with van der Waals surface area (Å²) >= 11 is 0. The zero-order valence-electron chi connectivity index (χ0n) is 10.5. The molecule has 0 saturated carbocycles. The molecule has 0 aliphatic carbocycles. The van der Waals surface area contributed by atoms with Gasteiger partial charge in [0.2, 0.25) is 0 Å². The monoisotopic (exact) mass is 247 g/mol. The van der Waals surface area contributed by atoms with Crippen LogP contribution in [0.5, 0.6) is 0 Å². The Kier molecular flexibility index (Phi) is 4.04. The molecular weight excluding hydrogens is 226 g/mol. The van der Waals surface area contributed by atoms with Gasteiger partial charge in [-0.2, -0.15) is 5.10 Å². The van der Waals surface area contributed by atoms with Crippen LogP contribution in [0.4, 0.5) is 5.69 Å². The summed E-state index contributed by atoms with van der Waals surface area (Å²) in [5.41, 5.74) is 13.5. The van der Waals surface area contributed by atoms with E-state index in [4.69, 9.17) is 17.3 Å². The highest BCUT2D eigenvalue weighted by Gasteiger charge is 2.21. The molecule has 0 radical (unpaired) electrons. The van der Waals surface area contributed by atoms with Gasteiger partial charge in [-0.05, 0) is 43.6 Å². The van der Waals surface area contributed by atoms with Gasteiger partial charge in [0, 0.05) is 18.2 Å². The molecule has 2 rings (SSSR count). The van der Waals surface area contributed by atoms with Gasteiger partial charge >= 0.3 is 0 Å². The van der Waals surface area contributed by atoms with Gasteiger partial charge in [0.05, 0.1) is 0 Å². The fraction of sp³-hybridized carbons (Fsp3) is 0.462. The number of likely N-dealkylation sites (tertiary alicyclic amines) is 1. The van der Waals surface area contributed by atoms with Gasteiger partial charge in [0.1, 0.15) is 5.84 Å². The van der Waals surface area contributed by atoms with E-state index < -0.39 is 0 Å². The third-order valence-corrected chi connectivity index (χ3v) is 3.54. The molecule has 0 unspecified atom stereocenters. The van der Waals surface area contributed by atoms with Crippen molar-refractivity contribution in [2.75, 3.05) is 18.8 Å². The Balaban J connectivity index is 1.85. The fourth-order valence-electron chi connectivity index (χ4n) is 2.37. The van der Waals surface area contributed by atoms with E-state index in [1.165, 1.54) is 5.56 Å². The standard InChI is InChI=1S/C13H21N5/c14-12-3-1-10(2-4-12)9-18-7-5-11(6-8-18)13(15)17-16/h1-4,11H,5-9,14,16H2,(H2,15,17). The summed E-state index contributed by atoms with van der Waals surface area (Å²) in [7, 11) is 0. The number of amidine groups is 1. The average Bonchev–Trinajstić information content (AvgIpc) is 2.41. The first-order chi connectivity index (χ1) is 8.69. The van der Waals surface area contributed by atoms with Crippen LogP contribution >= 0.6 is 0 Å². The van der Waals surface area contributed by atoms with Crippen LogP contribution < -0.4 is 17.3 Å². The molecule has 18 heavy (non-hydrogen) atoms. The number of rotatable bonds is 3. The third-order valence-electron chi connectivity index (χ3n) is 3.54. The van der Waals surface area contributed by atoms with E-state index >= 15 is 0 Å². The highest BCUT2D eigenvalue weighted by Crippen LogP contribution is 2.19. The predicted molar refractivity (Wildman–Crippen MR) is 74.7 cm³/mol. The van der Waals surface area contributed by atoms with Crippen LogP contribution in [0.25, 0.3) is 0 Å². The lowest BCUT2D eigenvalue weighted by molar-refractivity contribution is 0.201. The lowest BCUT2D eigenvalue weighted by Gasteiger charge is -2.31. The smallest absolute Gasteiger partial charge is 0.122 e. The predicted octanol–water partition coefficient (Wildman–Crippen LogP) is 0.712. The van der Waals surface area contributed by atoms with Crippen LogP contribution in [0, 0.1) is 5.92 Å². The van der Waals surface area contributed by atoms with Gasteiger partial charge < -0.3 is 17.3 Å². The maximum atomic E-state index is 5.75. The lowest BCUT2D eigenvalue weighted by atomic mass is 9.95. The fourth-order valence-corrected chi connectivity index (χ4v) is 2.37. The molecule has 1 aliphatic heterocycles. The Morgan fingerprint density at radius 1 is 1.22 bits per heavy atom. The maximum Gasteiger partial charge on any atom is 0.122 e. The van der Waals surface area contributed by atoms with Gasteiger partial charge in [0.15, 0.2) is 0 Å². The van der Waals surface area contributed by atoms with Crippen LogP contribution in [0.15, 0.2) is 29.4 Å². The number of hydrogen-bond donors (Lipinski definition) is 3. The minimum absolute atomic E-state index is 0.345. The van der Waals surface area contributed by atoms with Crippen LogP contribution in [0.2, 0.25) is 0 Å². The van der Waals surface area contributed by atoms with Gasteiger partial charge in [-0.15, -0.1) is 0 Å². The molecule has 1 saturated heterocycles. The van der Waals surface area contributed by atoms with Gasteiger partial charge in [-0.25, -0.2) is 0 Å². The number of piperidine rings is 1. The summed E-state index contributed by atoms with van der Waals surface area (Å²) < 4.78 is 0. The Morgan fingerprint density at radius 3 is 2.39 bits per heavy atom. The highest BCUT2D eigenvalue weighted by molar-refractivity contribution is 5.82. The normalized spacial score (nSPS) is 19.0. The summed E-state index contributed by atoms with van der Waals surface area (Å²) in [5.74, 6) is 6.14. The molecular formula is C13H21N5. The number of hydrazone groups is 1. The Labute approximate surface area is 108 Å². The summed E-state index contributed by atoms with van der Waals surface area (Å²) in [5, 5.41) is 3.59. The zero-order chi connectivity index (χ0) is 13.0. The van der Waals surface area contributed by atoms with Crippen molar-refractivity contribution in [3.8, 4) is 0 Å². The molecule has 5 heteroatoms. The average molecular weight is 247 g/mol. The SMILES string of the molecule is N/N=C(\N)C1CCN(Cc2ccc(N)cc2)CC1. The minimum atomic E-state index is 0.345. The quantitative estimate of drug-likeness (QED) is 0.241. The van der Waals surface area contributed by atoms with Crippen LogP contribution in [-0.2, 0) is 6.54 Å². The molecule has 1 aromatic carbocycles. The molecule has 5 nitrogen and oxygen atoms in total. The third kappa shape index (κ3) is 3.13. The number of nitrogen functional groups attached to an aromatic ring is 1. The van der Waals surface area contributed by atoms with Gasteiger partial charge in [-0.3, -0.25) is 4.90 Å². The first-order valence-corrected chi connectivity index (χ1v) is 6.29. The molecule has 0 amide bonds. The van der Waals surface area contributed by atoms with Crippen molar-refractivity contribution >= 4 is 11.5 Å². The molecule has 0 spiro atoms. The maximum absolute atomic E-state index is 5.75. The molecule has 0 bridgehead atoms. The Morgan fingerprint density at radius 2 is 1.83 bits per heavy atom. The van der Waals surface area contributed by atoms with Crippen molar-refractivity contribution in [3.63, 3.8) is 0 Å². The van der Waals surface area contributed by atoms with E-state index in [9.17, 15) is 0 Å². The van der Waals surface area contributed by atoms with Crippen molar-refractivity contribution in [2.45, 2.75) is 19.4 Å². The molecule has 0 atom stereocenters. The van der Waals surface area contributed by atoms with Crippen LogP contribution in [-0.4, -0.2) is 23.8 Å². The van der Waals surface area contributed by atoms with E-state index in [0.717, 1.165) is 38.2 Å². The van der Waals surface area contributed by atoms with Crippen LogP contribution in [0.3, 0.4) is 0 Å². The molecule has 1 heterocycles. The molecule has 6 N–H and O–H groups in total. The van der Waals surface area contributed by atoms with E-state index in [2.05, 4.69) is 22.1 Å². The summed E-state index contributed by atoms with van der Waals surface area (Å²) in [6.45, 7) is 3.03. The molecule has 0 aromatic heterocycles. The second-order valence-electron chi connectivity index (χ2n) is 4.85. The molecule has 1 aromatic rings. The molecule has 1 aliphatic rings. The highest BCUT2D eigenvalue weighted by atomic mass is 15.2. The number of nitrogens with zero attached hydrogens (tertiary/aromatic N) is 2. The van der Waals surface area contributed by atoms with E-state index in [1.54, 1.807) is 0 Å². The summed E-state index contributed by atoms with van der Waals surface area (Å²) in [6.07, 6.45) is 2.06. The Bertz CT molecular complexity index is 404. The number of benzene rings is 1. The minimum Gasteiger partial charge on any atom is -0.399 e. The second-order valence-corrected chi connectivity index (χ2v) is 4.85. The summed E-state index contributed by atoms with van der Waals surface area (Å²) in [6, 6.07) is 8.05. The van der Waals surface area contributed by atoms with Gasteiger partial charge in [-0.1, -0.05) is 12.1 Å². The van der Waals surface area contributed by atoms with Crippen molar-refractivity contribution in [2.24, 2.45) is 22.6 Å². The Hall–Kier alpha value is -1.75. The largest absolute Gasteiger partial charge is 0.399 e. The second kappa shape index (κ2) is 5.73. The number of hydrogen-bond acceptors (Lipinski definition) is 4. The first kappa shape index (κ1) is 12.7. The molecule has 98 valence electrons. The van der Waals surface area contributed by atoms with Crippen molar-refractivity contribution in [3.05, 3.63) is 29.8 Å². The van der Waals surface area contributed by atoms with Crippen molar-refractivity contribution in [1.29, 1.82) is 0 Å². The van der Waals surface area contributed by atoms with Gasteiger partial charge in [0.25, 0.3) is 0 Å². The number of nitrogens with two attached hydrogens (primary N) is 3.